The Bertz CT molecular complexity index is 570. The number of hydrogen-bond acceptors (Lipinski definition) is 4. The van der Waals surface area contributed by atoms with Crippen LogP contribution in [-0.2, 0) is 9.84 Å². The number of hydrogen-bond donors (Lipinski definition) is 2. The van der Waals surface area contributed by atoms with Gasteiger partial charge in [0.05, 0.1) is 11.3 Å². The molecule has 92 valence electrons. The number of rotatable bonds is 2. The zero-order chi connectivity index (χ0) is 12.6. The fraction of sp³-hybridized carbons (Fsp3) is 0.300. The van der Waals surface area contributed by atoms with Gasteiger partial charge in [0.1, 0.15) is 11.2 Å². The molecule has 1 atom stereocenters. The van der Waals surface area contributed by atoms with Crippen molar-refractivity contribution in [2.45, 2.75) is 5.37 Å². The smallest absolute Gasteiger partial charge is 0.335 e. The highest BCUT2D eigenvalue weighted by Gasteiger charge is 2.34. The number of carboxylic acids is 1. The predicted molar refractivity (Wildman–Crippen MR) is 57.9 cm³/mol. The van der Waals surface area contributed by atoms with Gasteiger partial charge in [-0.15, -0.1) is 0 Å². The maximum absolute atomic E-state index is 13.6. The van der Waals surface area contributed by atoms with Crippen molar-refractivity contribution in [3.05, 3.63) is 35.1 Å². The number of carbonyl (C=O) groups is 1. The fourth-order valence-electron chi connectivity index (χ4n) is 1.75. The van der Waals surface area contributed by atoms with Crippen LogP contribution >= 0.6 is 0 Å². The van der Waals surface area contributed by atoms with Gasteiger partial charge in [-0.3, -0.25) is 5.32 Å². The summed E-state index contributed by atoms with van der Waals surface area (Å²) in [4.78, 5) is 10.6. The molecule has 1 saturated heterocycles. The molecule has 1 fully saturated rings. The summed E-state index contributed by atoms with van der Waals surface area (Å²) in [5.74, 6) is -2.12. The molecule has 1 aliphatic heterocycles. The molecule has 7 heteroatoms. The molecule has 0 bridgehead atoms. The minimum absolute atomic E-state index is 0.0347. The standard InChI is InChI=1S/C10H10FNO4S/c11-8-5-6(10(13)14)1-2-7(8)9-12-3-4-17(9,15)16/h1-2,5,9,12H,3-4H2,(H,13,14). The Hall–Kier alpha value is -1.47. The minimum Gasteiger partial charge on any atom is -0.478 e. The van der Waals surface area contributed by atoms with Crippen LogP contribution in [0.1, 0.15) is 21.3 Å². The normalized spacial score (nSPS) is 22.5. The third kappa shape index (κ3) is 2.16. The van der Waals surface area contributed by atoms with Crippen LogP contribution in [0.5, 0.6) is 0 Å². The Balaban J connectivity index is 2.44. The third-order valence-corrected chi connectivity index (χ3v) is 4.52. The summed E-state index contributed by atoms with van der Waals surface area (Å²) < 4.78 is 36.8. The number of halogens is 1. The number of nitrogens with one attached hydrogen (secondary N) is 1. The number of aromatic carboxylic acids is 1. The second-order valence-corrected chi connectivity index (χ2v) is 5.95. The van der Waals surface area contributed by atoms with Gasteiger partial charge in [-0.05, 0) is 12.1 Å². The monoisotopic (exact) mass is 259 g/mol. The van der Waals surface area contributed by atoms with Gasteiger partial charge in [0.25, 0.3) is 0 Å². The van der Waals surface area contributed by atoms with E-state index in [9.17, 15) is 17.6 Å². The largest absolute Gasteiger partial charge is 0.478 e. The quantitative estimate of drug-likeness (QED) is 0.810. The highest BCUT2D eigenvalue weighted by molar-refractivity contribution is 7.91. The van der Waals surface area contributed by atoms with Gasteiger partial charge < -0.3 is 5.11 Å². The summed E-state index contributed by atoms with van der Waals surface area (Å²) in [5, 5.41) is 10.3. The summed E-state index contributed by atoms with van der Waals surface area (Å²) in [5.41, 5.74) is -0.242. The molecule has 2 N–H and O–H groups in total. The maximum atomic E-state index is 13.6. The zero-order valence-corrected chi connectivity index (χ0v) is 9.50. The van der Waals surface area contributed by atoms with Crippen molar-refractivity contribution < 1.29 is 22.7 Å². The molecule has 0 aliphatic carbocycles. The predicted octanol–water partition coefficient (Wildman–Crippen LogP) is 0.540. The van der Waals surface area contributed by atoms with E-state index in [1.807, 2.05) is 0 Å². The van der Waals surface area contributed by atoms with E-state index in [4.69, 9.17) is 5.11 Å². The van der Waals surface area contributed by atoms with Crippen molar-refractivity contribution >= 4 is 15.8 Å². The first kappa shape index (κ1) is 12.0. The number of benzene rings is 1. The van der Waals surface area contributed by atoms with Gasteiger partial charge >= 0.3 is 5.97 Å². The maximum Gasteiger partial charge on any atom is 0.335 e. The Morgan fingerprint density at radius 3 is 2.65 bits per heavy atom. The summed E-state index contributed by atoms with van der Waals surface area (Å²) in [6.45, 7) is 0.271. The molecule has 0 saturated carbocycles. The summed E-state index contributed by atoms with van der Waals surface area (Å²) in [6.07, 6.45) is 0. The molecule has 2 rings (SSSR count). The first-order valence-electron chi connectivity index (χ1n) is 4.89. The van der Waals surface area contributed by atoms with E-state index in [1.54, 1.807) is 0 Å². The lowest BCUT2D eigenvalue weighted by atomic mass is 10.1. The summed E-state index contributed by atoms with van der Waals surface area (Å²) >= 11 is 0. The van der Waals surface area contributed by atoms with E-state index in [2.05, 4.69) is 5.32 Å². The molecule has 5 nitrogen and oxygen atoms in total. The Morgan fingerprint density at radius 2 is 2.18 bits per heavy atom. The Morgan fingerprint density at radius 1 is 1.47 bits per heavy atom. The van der Waals surface area contributed by atoms with Crippen molar-refractivity contribution in [2.75, 3.05) is 12.3 Å². The fourth-order valence-corrected chi connectivity index (χ4v) is 3.34. The lowest BCUT2D eigenvalue weighted by Gasteiger charge is -2.11. The molecule has 17 heavy (non-hydrogen) atoms. The average Bonchev–Trinajstić information content (AvgIpc) is 2.58. The highest BCUT2D eigenvalue weighted by atomic mass is 32.2. The first-order chi connectivity index (χ1) is 7.92. The van der Waals surface area contributed by atoms with Crippen LogP contribution in [0.15, 0.2) is 18.2 Å². The topological polar surface area (TPSA) is 83.5 Å². The molecule has 0 spiro atoms. The SMILES string of the molecule is O=C(O)c1ccc(C2NCCS2(=O)=O)c(F)c1. The van der Waals surface area contributed by atoms with Crippen molar-refractivity contribution in [1.82, 2.24) is 5.32 Å². The molecule has 1 aliphatic rings. The van der Waals surface area contributed by atoms with E-state index in [0.717, 1.165) is 6.07 Å². The molecular formula is C10H10FNO4S. The summed E-state index contributed by atoms with van der Waals surface area (Å²) in [6, 6.07) is 3.21. The van der Waals surface area contributed by atoms with Crippen molar-refractivity contribution in [2.24, 2.45) is 0 Å². The van der Waals surface area contributed by atoms with Crippen LogP contribution in [0.3, 0.4) is 0 Å². The molecule has 1 aromatic rings. The lowest BCUT2D eigenvalue weighted by molar-refractivity contribution is 0.0696. The van der Waals surface area contributed by atoms with Gasteiger partial charge in [-0.2, -0.15) is 0 Å². The second-order valence-electron chi connectivity index (χ2n) is 3.74. The van der Waals surface area contributed by atoms with E-state index in [1.165, 1.54) is 12.1 Å². The van der Waals surface area contributed by atoms with Gasteiger partial charge in [0, 0.05) is 12.1 Å². The van der Waals surface area contributed by atoms with E-state index < -0.39 is 27.0 Å². The van der Waals surface area contributed by atoms with Crippen molar-refractivity contribution in [3.8, 4) is 0 Å². The van der Waals surface area contributed by atoms with Crippen LogP contribution < -0.4 is 5.32 Å². The molecule has 1 heterocycles. The van der Waals surface area contributed by atoms with Crippen LogP contribution in [0.4, 0.5) is 4.39 Å². The number of carboxylic acid groups (broad SMARTS) is 1. The Kier molecular flexibility index (Phi) is 2.88. The second kappa shape index (κ2) is 4.08. The molecule has 1 unspecified atom stereocenters. The van der Waals surface area contributed by atoms with Gasteiger partial charge in [-0.25, -0.2) is 17.6 Å². The lowest BCUT2D eigenvalue weighted by Crippen LogP contribution is -2.19. The molecular weight excluding hydrogens is 249 g/mol. The van der Waals surface area contributed by atoms with E-state index in [0.29, 0.717) is 0 Å². The van der Waals surface area contributed by atoms with Crippen LogP contribution in [0, 0.1) is 5.82 Å². The first-order valence-corrected chi connectivity index (χ1v) is 6.61. The van der Waals surface area contributed by atoms with Gasteiger partial charge in [-0.1, -0.05) is 6.07 Å². The highest BCUT2D eigenvalue weighted by Crippen LogP contribution is 2.26. The number of sulfone groups is 1. The molecule has 0 radical (unpaired) electrons. The summed E-state index contributed by atoms with van der Waals surface area (Å²) in [7, 11) is -3.39. The van der Waals surface area contributed by atoms with Crippen LogP contribution in [-0.4, -0.2) is 31.8 Å². The van der Waals surface area contributed by atoms with Gasteiger partial charge in [0.2, 0.25) is 0 Å². The van der Waals surface area contributed by atoms with E-state index >= 15 is 0 Å². The minimum atomic E-state index is -3.39. The molecule has 0 amide bonds. The van der Waals surface area contributed by atoms with Crippen LogP contribution in [0.2, 0.25) is 0 Å². The van der Waals surface area contributed by atoms with Gasteiger partial charge in [0.15, 0.2) is 9.84 Å². The Labute approximate surface area is 97.2 Å². The zero-order valence-electron chi connectivity index (χ0n) is 8.68. The molecule has 1 aromatic carbocycles. The van der Waals surface area contributed by atoms with Crippen molar-refractivity contribution in [3.63, 3.8) is 0 Å². The third-order valence-electron chi connectivity index (χ3n) is 2.61. The molecule has 0 aromatic heterocycles. The van der Waals surface area contributed by atoms with Crippen molar-refractivity contribution in [1.29, 1.82) is 0 Å². The van der Waals surface area contributed by atoms with Crippen LogP contribution in [0.25, 0.3) is 0 Å². The average molecular weight is 259 g/mol. The van der Waals surface area contributed by atoms with E-state index in [-0.39, 0.29) is 23.4 Å².